The van der Waals surface area contributed by atoms with Crippen molar-refractivity contribution in [1.82, 2.24) is 10.3 Å². The fourth-order valence-corrected chi connectivity index (χ4v) is 2.30. The summed E-state index contributed by atoms with van der Waals surface area (Å²) in [7, 11) is 0. The van der Waals surface area contributed by atoms with Crippen LogP contribution in [0.5, 0.6) is 0 Å². The number of furan rings is 1. The topological polar surface area (TPSA) is 67.2 Å². The minimum atomic E-state index is -0.232. The van der Waals surface area contributed by atoms with E-state index in [0.717, 1.165) is 16.9 Å². The van der Waals surface area contributed by atoms with Gasteiger partial charge in [-0.1, -0.05) is 12.1 Å². The number of aromatic nitrogens is 1. The van der Waals surface area contributed by atoms with Gasteiger partial charge in [-0.3, -0.25) is 4.79 Å². The van der Waals surface area contributed by atoms with E-state index in [2.05, 4.69) is 40.7 Å². The zero-order valence-corrected chi connectivity index (χ0v) is 13.7. The summed E-state index contributed by atoms with van der Waals surface area (Å²) >= 11 is 0. The van der Waals surface area contributed by atoms with E-state index < -0.39 is 0 Å². The zero-order chi connectivity index (χ0) is 16.9. The number of hydrogen-bond acceptors (Lipinski definition) is 4. The Balaban J connectivity index is 1.64. The molecule has 0 atom stereocenters. The maximum absolute atomic E-state index is 12.1. The van der Waals surface area contributed by atoms with Crippen LogP contribution in [-0.4, -0.2) is 10.9 Å². The molecular weight excluding hydrogens is 302 g/mol. The van der Waals surface area contributed by atoms with Crippen molar-refractivity contribution in [3.63, 3.8) is 0 Å². The summed E-state index contributed by atoms with van der Waals surface area (Å²) in [4.78, 5) is 16.3. The van der Waals surface area contributed by atoms with E-state index in [1.165, 1.54) is 5.56 Å². The predicted octanol–water partition coefficient (Wildman–Crippen LogP) is 3.97. The van der Waals surface area contributed by atoms with Gasteiger partial charge in [0, 0.05) is 5.69 Å². The Hall–Kier alpha value is -3.08. The van der Waals surface area contributed by atoms with Crippen LogP contribution in [0.4, 0.5) is 11.4 Å². The lowest BCUT2D eigenvalue weighted by Gasteiger charge is -2.10. The van der Waals surface area contributed by atoms with E-state index in [0.29, 0.717) is 18.0 Å². The Morgan fingerprint density at radius 2 is 2.04 bits per heavy atom. The first-order valence-electron chi connectivity index (χ1n) is 7.73. The van der Waals surface area contributed by atoms with Crippen molar-refractivity contribution in [2.24, 2.45) is 0 Å². The van der Waals surface area contributed by atoms with Crippen LogP contribution in [-0.2, 0) is 6.54 Å². The standard InChI is InChI=1S/C19H19N3O2/c1-13-5-6-14(2)18(10-13)22-15-7-8-17(20-11-15)19(23)21-12-16-4-3-9-24-16/h3-11,22H,12H2,1-2H3,(H,21,23). The Bertz CT molecular complexity index is 824. The molecule has 5 nitrogen and oxygen atoms in total. The first-order chi connectivity index (χ1) is 11.6. The number of nitrogens with one attached hydrogen (secondary N) is 2. The highest BCUT2D eigenvalue weighted by Gasteiger charge is 2.08. The highest BCUT2D eigenvalue weighted by molar-refractivity contribution is 5.92. The lowest BCUT2D eigenvalue weighted by Crippen LogP contribution is -2.23. The second-order valence-corrected chi connectivity index (χ2v) is 5.64. The van der Waals surface area contributed by atoms with E-state index in [1.54, 1.807) is 24.6 Å². The van der Waals surface area contributed by atoms with E-state index in [1.807, 2.05) is 19.1 Å². The van der Waals surface area contributed by atoms with E-state index in [4.69, 9.17) is 4.42 Å². The highest BCUT2D eigenvalue weighted by atomic mass is 16.3. The average molecular weight is 321 g/mol. The Morgan fingerprint density at radius 3 is 2.75 bits per heavy atom. The van der Waals surface area contributed by atoms with Crippen LogP contribution in [0.3, 0.4) is 0 Å². The van der Waals surface area contributed by atoms with Crippen LogP contribution in [0.2, 0.25) is 0 Å². The number of rotatable bonds is 5. The molecule has 1 amide bonds. The molecule has 0 fully saturated rings. The molecule has 122 valence electrons. The van der Waals surface area contributed by atoms with Gasteiger partial charge in [-0.25, -0.2) is 4.98 Å². The maximum atomic E-state index is 12.1. The minimum Gasteiger partial charge on any atom is -0.467 e. The van der Waals surface area contributed by atoms with Gasteiger partial charge in [-0.15, -0.1) is 0 Å². The third-order valence-corrected chi connectivity index (χ3v) is 3.67. The molecule has 2 N–H and O–H groups in total. The van der Waals surface area contributed by atoms with Crippen LogP contribution in [0.15, 0.2) is 59.3 Å². The van der Waals surface area contributed by atoms with Crippen molar-refractivity contribution in [2.75, 3.05) is 5.32 Å². The summed E-state index contributed by atoms with van der Waals surface area (Å²) in [5.41, 5.74) is 4.58. The summed E-state index contributed by atoms with van der Waals surface area (Å²) in [6.07, 6.45) is 3.23. The van der Waals surface area contributed by atoms with Gasteiger partial charge in [-0.05, 0) is 55.3 Å². The molecule has 0 bridgehead atoms. The minimum absolute atomic E-state index is 0.232. The molecule has 3 aromatic rings. The molecule has 0 spiro atoms. The SMILES string of the molecule is Cc1ccc(C)c(Nc2ccc(C(=O)NCc3ccco3)nc2)c1. The fraction of sp³-hybridized carbons (Fsp3) is 0.158. The summed E-state index contributed by atoms with van der Waals surface area (Å²) in [6.45, 7) is 4.44. The first kappa shape index (κ1) is 15.8. The molecule has 0 aliphatic rings. The maximum Gasteiger partial charge on any atom is 0.270 e. The largest absolute Gasteiger partial charge is 0.467 e. The van der Waals surface area contributed by atoms with Gasteiger partial charge in [0.2, 0.25) is 0 Å². The number of anilines is 2. The number of aryl methyl sites for hydroxylation is 2. The zero-order valence-electron chi connectivity index (χ0n) is 13.7. The van der Waals surface area contributed by atoms with Gasteiger partial charge in [0.1, 0.15) is 11.5 Å². The van der Waals surface area contributed by atoms with Gasteiger partial charge in [0.15, 0.2) is 0 Å². The molecule has 0 saturated heterocycles. The first-order valence-corrected chi connectivity index (χ1v) is 7.73. The average Bonchev–Trinajstić information content (AvgIpc) is 3.10. The molecule has 5 heteroatoms. The van der Waals surface area contributed by atoms with Crippen molar-refractivity contribution >= 4 is 17.3 Å². The van der Waals surface area contributed by atoms with Crippen LogP contribution in [0.25, 0.3) is 0 Å². The quantitative estimate of drug-likeness (QED) is 0.746. The Labute approximate surface area is 140 Å². The van der Waals surface area contributed by atoms with Crippen molar-refractivity contribution in [3.8, 4) is 0 Å². The summed E-state index contributed by atoms with van der Waals surface area (Å²) in [6, 6.07) is 13.4. The normalized spacial score (nSPS) is 10.4. The number of carbonyl (C=O) groups excluding carboxylic acids is 1. The van der Waals surface area contributed by atoms with Crippen LogP contribution in [0.1, 0.15) is 27.4 Å². The molecule has 2 heterocycles. The molecule has 2 aromatic heterocycles. The number of hydrogen-bond donors (Lipinski definition) is 2. The van der Waals surface area contributed by atoms with E-state index in [9.17, 15) is 4.79 Å². The second kappa shape index (κ2) is 7.00. The number of pyridine rings is 1. The van der Waals surface area contributed by atoms with Gasteiger partial charge in [-0.2, -0.15) is 0 Å². The van der Waals surface area contributed by atoms with Crippen LogP contribution < -0.4 is 10.6 Å². The van der Waals surface area contributed by atoms with Crippen molar-refractivity contribution in [2.45, 2.75) is 20.4 Å². The molecule has 0 aliphatic heterocycles. The van der Waals surface area contributed by atoms with Gasteiger partial charge in [0.05, 0.1) is 24.7 Å². The van der Waals surface area contributed by atoms with Gasteiger partial charge < -0.3 is 15.1 Å². The lowest BCUT2D eigenvalue weighted by atomic mass is 10.1. The number of benzene rings is 1. The van der Waals surface area contributed by atoms with Crippen molar-refractivity contribution in [1.29, 1.82) is 0 Å². The highest BCUT2D eigenvalue weighted by Crippen LogP contribution is 2.21. The lowest BCUT2D eigenvalue weighted by molar-refractivity contribution is 0.0943. The van der Waals surface area contributed by atoms with E-state index >= 15 is 0 Å². The van der Waals surface area contributed by atoms with E-state index in [-0.39, 0.29) is 5.91 Å². The second-order valence-electron chi connectivity index (χ2n) is 5.64. The smallest absolute Gasteiger partial charge is 0.270 e. The number of carbonyl (C=O) groups is 1. The molecule has 0 unspecified atom stereocenters. The molecular formula is C19H19N3O2. The molecule has 0 aliphatic carbocycles. The summed E-state index contributed by atoms with van der Waals surface area (Å²) < 4.78 is 5.18. The van der Waals surface area contributed by atoms with Gasteiger partial charge in [0.25, 0.3) is 5.91 Å². The van der Waals surface area contributed by atoms with Crippen molar-refractivity contribution < 1.29 is 9.21 Å². The van der Waals surface area contributed by atoms with Crippen LogP contribution >= 0.6 is 0 Å². The monoisotopic (exact) mass is 321 g/mol. The molecule has 24 heavy (non-hydrogen) atoms. The Kier molecular flexibility index (Phi) is 4.61. The van der Waals surface area contributed by atoms with Crippen molar-refractivity contribution in [3.05, 3.63) is 77.5 Å². The molecule has 0 radical (unpaired) electrons. The third kappa shape index (κ3) is 3.81. The molecule has 0 saturated carbocycles. The van der Waals surface area contributed by atoms with Crippen LogP contribution in [0, 0.1) is 13.8 Å². The summed E-state index contributed by atoms with van der Waals surface area (Å²) in [5, 5.41) is 6.10. The molecule has 3 rings (SSSR count). The van der Waals surface area contributed by atoms with Gasteiger partial charge >= 0.3 is 0 Å². The Morgan fingerprint density at radius 1 is 1.17 bits per heavy atom. The summed E-state index contributed by atoms with van der Waals surface area (Å²) in [5.74, 6) is 0.473. The number of amides is 1. The molecule has 1 aromatic carbocycles. The fourth-order valence-electron chi connectivity index (χ4n) is 2.30. The predicted molar refractivity (Wildman–Crippen MR) is 93.3 cm³/mol. The number of nitrogens with zero attached hydrogens (tertiary/aromatic N) is 1. The third-order valence-electron chi connectivity index (χ3n) is 3.67.